The van der Waals surface area contributed by atoms with E-state index in [9.17, 15) is 0 Å². The molecule has 0 aromatic heterocycles. The van der Waals surface area contributed by atoms with Crippen molar-refractivity contribution < 1.29 is 10.4 Å². The molecule has 4 heteroatoms. The van der Waals surface area contributed by atoms with Gasteiger partial charge in [-0.05, 0) is 18.4 Å². The summed E-state index contributed by atoms with van der Waals surface area (Å²) < 4.78 is 0. The zero-order valence-corrected chi connectivity index (χ0v) is 9.51. The first kappa shape index (κ1) is 12.2. The van der Waals surface area contributed by atoms with Gasteiger partial charge in [0.25, 0.3) is 0 Å². The van der Waals surface area contributed by atoms with E-state index in [0.29, 0.717) is 17.8 Å². The van der Waals surface area contributed by atoms with E-state index in [1.807, 2.05) is 31.2 Å². The van der Waals surface area contributed by atoms with Crippen LogP contribution in [0.5, 0.6) is 0 Å². The fraction of sp³-hybridized carbons (Fsp3) is 0.333. The van der Waals surface area contributed by atoms with Gasteiger partial charge in [0, 0.05) is 5.56 Å². The Morgan fingerprint density at radius 2 is 1.69 bits per heavy atom. The zero-order valence-electron chi connectivity index (χ0n) is 9.51. The topological polar surface area (TPSA) is 65.2 Å². The summed E-state index contributed by atoms with van der Waals surface area (Å²) in [5.41, 5.74) is 2.63. The fourth-order valence-corrected chi connectivity index (χ4v) is 1.47. The average molecular weight is 220 g/mol. The Kier molecular flexibility index (Phi) is 4.51. The number of hydrogen-bond donors (Lipinski definition) is 2. The highest BCUT2D eigenvalue weighted by Crippen LogP contribution is 2.08. The first-order valence-electron chi connectivity index (χ1n) is 5.29. The molecule has 0 fully saturated rings. The van der Waals surface area contributed by atoms with Crippen LogP contribution in [0.15, 0.2) is 34.6 Å². The monoisotopic (exact) mass is 220 g/mol. The van der Waals surface area contributed by atoms with Crippen LogP contribution in [0.25, 0.3) is 0 Å². The lowest BCUT2D eigenvalue weighted by Gasteiger charge is -2.05. The maximum Gasteiger partial charge on any atom is 0.134 e. The van der Waals surface area contributed by atoms with E-state index in [1.165, 1.54) is 5.56 Å². The molecule has 0 radical (unpaired) electrons. The molecule has 0 saturated carbocycles. The molecule has 0 amide bonds. The van der Waals surface area contributed by atoms with E-state index in [2.05, 4.69) is 17.2 Å². The lowest BCUT2D eigenvalue weighted by molar-refractivity contribution is 0.313. The third kappa shape index (κ3) is 2.59. The van der Waals surface area contributed by atoms with Crippen molar-refractivity contribution in [1.82, 2.24) is 0 Å². The van der Waals surface area contributed by atoms with Crippen LogP contribution in [-0.4, -0.2) is 21.8 Å². The Hall–Kier alpha value is -1.84. The van der Waals surface area contributed by atoms with E-state index >= 15 is 0 Å². The molecule has 4 nitrogen and oxygen atoms in total. The molecule has 1 rings (SSSR count). The van der Waals surface area contributed by atoms with Crippen LogP contribution in [-0.2, 0) is 6.42 Å². The minimum atomic E-state index is 0.313. The second kappa shape index (κ2) is 5.90. The summed E-state index contributed by atoms with van der Waals surface area (Å²) >= 11 is 0. The van der Waals surface area contributed by atoms with Crippen molar-refractivity contribution in [3.05, 3.63) is 35.4 Å². The predicted molar refractivity (Wildman–Crippen MR) is 63.7 cm³/mol. The summed E-state index contributed by atoms with van der Waals surface area (Å²) in [7, 11) is 0. The summed E-state index contributed by atoms with van der Waals surface area (Å²) in [5, 5.41) is 24.0. The molecule has 0 heterocycles. The molecule has 86 valence electrons. The van der Waals surface area contributed by atoms with Crippen molar-refractivity contribution in [2.45, 2.75) is 26.7 Å². The SMILES string of the molecule is CCC(=N\O)/C(=N\O)c1ccc(CC)cc1. The highest BCUT2D eigenvalue weighted by Gasteiger charge is 2.11. The van der Waals surface area contributed by atoms with Crippen molar-refractivity contribution in [2.75, 3.05) is 0 Å². The summed E-state index contributed by atoms with van der Waals surface area (Å²) in [6, 6.07) is 7.64. The van der Waals surface area contributed by atoms with Gasteiger partial charge < -0.3 is 10.4 Å². The van der Waals surface area contributed by atoms with Gasteiger partial charge in [0.2, 0.25) is 0 Å². The Balaban J connectivity index is 3.05. The minimum Gasteiger partial charge on any atom is -0.411 e. The number of benzene rings is 1. The Bertz CT molecular complexity index is 394. The second-order valence-electron chi connectivity index (χ2n) is 3.40. The number of hydrogen-bond acceptors (Lipinski definition) is 4. The third-order valence-corrected chi connectivity index (χ3v) is 2.46. The van der Waals surface area contributed by atoms with Gasteiger partial charge in [-0.15, -0.1) is 0 Å². The number of nitrogens with zero attached hydrogens (tertiary/aromatic N) is 2. The quantitative estimate of drug-likeness (QED) is 0.465. The average Bonchev–Trinajstić information content (AvgIpc) is 2.36. The van der Waals surface area contributed by atoms with E-state index in [1.54, 1.807) is 0 Å². The molecular formula is C12H16N2O2. The van der Waals surface area contributed by atoms with Crippen LogP contribution in [0.4, 0.5) is 0 Å². The molecule has 2 N–H and O–H groups in total. The highest BCUT2D eigenvalue weighted by molar-refractivity contribution is 6.48. The molecule has 0 atom stereocenters. The predicted octanol–water partition coefficient (Wildman–Crippen LogP) is 2.67. The van der Waals surface area contributed by atoms with Crippen molar-refractivity contribution in [3.63, 3.8) is 0 Å². The molecular weight excluding hydrogens is 204 g/mol. The molecule has 16 heavy (non-hydrogen) atoms. The van der Waals surface area contributed by atoms with Gasteiger partial charge in [0.15, 0.2) is 0 Å². The largest absolute Gasteiger partial charge is 0.411 e. The minimum absolute atomic E-state index is 0.313. The zero-order chi connectivity index (χ0) is 12.0. The van der Waals surface area contributed by atoms with Gasteiger partial charge in [-0.1, -0.05) is 48.4 Å². The van der Waals surface area contributed by atoms with Crippen LogP contribution in [0.2, 0.25) is 0 Å². The second-order valence-corrected chi connectivity index (χ2v) is 3.40. The first-order chi connectivity index (χ1) is 7.76. The summed E-state index contributed by atoms with van der Waals surface area (Å²) in [6.07, 6.45) is 1.46. The van der Waals surface area contributed by atoms with Crippen molar-refractivity contribution in [3.8, 4) is 0 Å². The van der Waals surface area contributed by atoms with Crippen LogP contribution in [0.1, 0.15) is 31.4 Å². The summed E-state index contributed by atoms with van der Waals surface area (Å²) in [6.45, 7) is 3.91. The van der Waals surface area contributed by atoms with E-state index < -0.39 is 0 Å². The lowest BCUT2D eigenvalue weighted by atomic mass is 10.0. The molecule has 1 aromatic carbocycles. The van der Waals surface area contributed by atoms with E-state index in [0.717, 1.165) is 12.0 Å². The number of rotatable bonds is 4. The van der Waals surface area contributed by atoms with Gasteiger partial charge in [-0.3, -0.25) is 0 Å². The van der Waals surface area contributed by atoms with Crippen molar-refractivity contribution >= 4 is 11.4 Å². The Morgan fingerprint density at radius 1 is 1.06 bits per heavy atom. The molecule has 0 bridgehead atoms. The van der Waals surface area contributed by atoms with Gasteiger partial charge in [0.05, 0.1) is 0 Å². The maximum atomic E-state index is 8.93. The number of aryl methyl sites for hydroxylation is 1. The molecule has 0 aliphatic rings. The smallest absolute Gasteiger partial charge is 0.134 e. The highest BCUT2D eigenvalue weighted by atomic mass is 16.4. The van der Waals surface area contributed by atoms with Crippen LogP contribution in [0.3, 0.4) is 0 Å². The standard InChI is InChI=1S/C12H16N2O2/c1-3-9-5-7-10(8-6-9)12(14-16)11(4-2)13-15/h5-8,15-16H,3-4H2,1-2H3/b13-11+,14-12-. The maximum absolute atomic E-state index is 8.93. The van der Waals surface area contributed by atoms with Crippen molar-refractivity contribution in [1.29, 1.82) is 0 Å². The van der Waals surface area contributed by atoms with Crippen molar-refractivity contribution in [2.24, 2.45) is 10.3 Å². The summed E-state index contributed by atoms with van der Waals surface area (Å²) in [4.78, 5) is 0. The lowest BCUT2D eigenvalue weighted by Crippen LogP contribution is -2.15. The fourth-order valence-electron chi connectivity index (χ4n) is 1.47. The van der Waals surface area contributed by atoms with Gasteiger partial charge in [-0.2, -0.15) is 0 Å². The van der Waals surface area contributed by atoms with E-state index in [4.69, 9.17) is 10.4 Å². The molecule has 0 saturated heterocycles. The third-order valence-electron chi connectivity index (χ3n) is 2.46. The van der Waals surface area contributed by atoms with Gasteiger partial charge in [-0.25, -0.2) is 0 Å². The molecule has 0 aliphatic carbocycles. The van der Waals surface area contributed by atoms with Crippen LogP contribution < -0.4 is 0 Å². The summed E-state index contributed by atoms with van der Waals surface area (Å²) in [5.74, 6) is 0. The van der Waals surface area contributed by atoms with Crippen LogP contribution in [0, 0.1) is 0 Å². The Morgan fingerprint density at radius 3 is 2.06 bits per heavy atom. The van der Waals surface area contributed by atoms with E-state index in [-0.39, 0.29) is 0 Å². The first-order valence-corrected chi connectivity index (χ1v) is 5.29. The van der Waals surface area contributed by atoms with Gasteiger partial charge in [0.1, 0.15) is 11.4 Å². The molecule has 0 spiro atoms. The normalized spacial score (nSPS) is 12.9. The molecule has 0 aliphatic heterocycles. The number of oxime groups is 2. The molecule has 0 unspecified atom stereocenters. The Labute approximate surface area is 94.9 Å². The van der Waals surface area contributed by atoms with Gasteiger partial charge >= 0.3 is 0 Å². The van der Waals surface area contributed by atoms with Crippen LogP contribution >= 0.6 is 0 Å². The molecule has 1 aromatic rings.